The highest BCUT2D eigenvalue weighted by Crippen LogP contribution is 2.17. The number of amides is 1. The van der Waals surface area contributed by atoms with E-state index in [0.717, 1.165) is 24.1 Å². The van der Waals surface area contributed by atoms with E-state index < -0.39 is 0 Å². The van der Waals surface area contributed by atoms with Crippen LogP contribution in [0.5, 0.6) is 0 Å². The first-order valence-corrected chi connectivity index (χ1v) is 7.36. The molecule has 0 spiro atoms. The van der Waals surface area contributed by atoms with Crippen LogP contribution in [0.2, 0.25) is 0 Å². The minimum absolute atomic E-state index is 0.110. The Morgan fingerprint density at radius 3 is 3.00 bits per heavy atom. The van der Waals surface area contributed by atoms with Gasteiger partial charge in [0.25, 0.3) is 0 Å². The summed E-state index contributed by atoms with van der Waals surface area (Å²) in [5.74, 6) is -0.110. The van der Waals surface area contributed by atoms with E-state index in [2.05, 4.69) is 20.3 Å². The van der Waals surface area contributed by atoms with Crippen molar-refractivity contribution in [2.45, 2.75) is 26.3 Å². The van der Waals surface area contributed by atoms with Gasteiger partial charge in [-0.05, 0) is 29.5 Å². The molecule has 0 atom stereocenters. The number of hydrogen-bond donors (Lipinski definition) is 1. The molecule has 1 heterocycles. The fraction of sp³-hybridized carbons (Fsp3) is 0.286. The average molecular weight is 301 g/mol. The number of aryl methyl sites for hydroxylation is 2. The zero-order chi connectivity index (χ0) is 15.1. The van der Waals surface area contributed by atoms with Gasteiger partial charge in [-0.25, -0.2) is 4.98 Å². The first kappa shape index (κ1) is 15.0. The smallest absolute Gasteiger partial charge is 0.223 e. The summed E-state index contributed by atoms with van der Waals surface area (Å²) in [5.41, 5.74) is 11.5. The molecule has 108 valence electrons. The van der Waals surface area contributed by atoms with E-state index in [1.807, 2.05) is 29.6 Å². The van der Waals surface area contributed by atoms with Crippen molar-refractivity contribution in [1.29, 1.82) is 0 Å². The van der Waals surface area contributed by atoms with Crippen LogP contribution in [0.15, 0.2) is 34.8 Å². The molecule has 21 heavy (non-hydrogen) atoms. The molecular weight excluding hydrogens is 286 g/mol. The summed E-state index contributed by atoms with van der Waals surface area (Å²) in [7, 11) is 0. The molecule has 1 aromatic heterocycles. The quantitative estimate of drug-likeness (QED) is 0.500. The molecule has 0 aliphatic carbocycles. The van der Waals surface area contributed by atoms with Gasteiger partial charge in [-0.2, -0.15) is 0 Å². The molecule has 0 unspecified atom stereocenters. The normalized spacial score (nSPS) is 9.95. The summed E-state index contributed by atoms with van der Waals surface area (Å²) < 4.78 is 0. The van der Waals surface area contributed by atoms with Crippen LogP contribution in [0.25, 0.3) is 10.4 Å². The second kappa shape index (κ2) is 7.42. The highest BCUT2D eigenvalue weighted by Gasteiger charge is 2.04. The molecule has 6 nitrogen and oxygen atoms in total. The number of thiazole rings is 1. The highest BCUT2D eigenvalue weighted by atomic mass is 32.1. The number of hydrogen-bond acceptors (Lipinski definition) is 4. The lowest BCUT2D eigenvalue weighted by molar-refractivity contribution is -0.114. The van der Waals surface area contributed by atoms with Crippen LogP contribution in [0, 0.1) is 0 Å². The van der Waals surface area contributed by atoms with Crippen LogP contribution in [-0.2, 0) is 24.2 Å². The summed E-state index contributed by atoms with van der Waals surface area (Å²) in [5, 5.41) is 8.83. The van der Waals surface area contributed by atoms with E-state index in [0.29, 0.717) is 11.7 Å². The maximum absolute atomic E-state index is 10.9. The molecule has 2 aromatic rings. The molecule has 0 fully saturated rings. The molecule has 0 bridgehead atoms. The number of azide groups is 1. The van der Waals surface area contributed by atoms with Crippen molar-refractivity contribution in [2.75, 3.05) is 5.32 Å². The van der Waals surface area contributed by atoms with Crippen LogP contribution >= 0.6 is 11.3 Å². The van der Waals surface area contributed by atoms with E-state index in [-0.39, 0.29) is 5.91 Å². The Bertz CT molecular complexity index is 676. The zero-order valence-electron chi connectivity index (χ0n) is 11.6. The van der Waals surface area contributed by atoms with Crippen LogP contribution in [0.4, 0.5) is 5.13 Å². The van der Waals surface area contributed by atoms with Gasteiger partial charge in [-0.1, -0.05) is 29.4 Å². The lowest BCUT2D eigenvalue weighted by atomic mass is 10.1. The summed E-state index contributed by atoms with van der Waals surface area (Å²) in [6.07, 6.45) is 1.66. The molecule has 0 radical (unpaired) electrons. The Kier molecular flexibility index (Phi) is 5.31. The van der Waals surface area contributed by atoms with Crippen molar-refractivity contribution in [3.63, 3.8) is 0 Å². The molecule has 0 saturated heterocycles. The standard InChI is InChI=1S/C14H15N5OS/c1-10(20)17-14-18-13(9-21-14)6-5-11-3-2-4-12(7-11)8-16-19-15/h2-4,7,9H,5-6,8H2,1H3,(H,17,18,20). The minimum atomic E-state index is -0.110. The number of rotatable bonds is 6. The fourth-order valence-electron chi connectivity index (χ4n) is 1.90. The number of carbonyl (C=O) groups excluding carboxylic acids is 1. The Balaban J connectivity index is 1.94. The maximum Gasteiger partial charge on any atom is 0.223 e. The Morgan fingerprint density at radius 2 is 2.24 bits per heavy atom. The molecule has 1 N–H and O–H groups in total. The van der Waals surface area contributed by atoms with E-state index in [9.17, 15) is 4.79 Å². The Labute approximate surface area is 126 Å². The molecular formula is C14H15N5OS. The third-order valence-corrected chi connectivity index (χ3v) is 3.62. The van der Waals surface area contributed by atoms with Gasteiger partial charge in [0.2, 0.25) is 5.91 Å². The topological polar surface area (TPSA) is 90.8 Å². The van der Waals surface area contributed by atoms with Crippen molar-refractivity contribution < 1.29 is 4.79 Å². The van der Waals surface area contributed by atoms with Gasteiger partial charge in [0.15, 0.2) is 5.13 Å². The third-order valence-electron chi connectivity index (χ3n) is 2.81. The molecule has 0 aliphatic rings. The first-order chi connectivity index (χ1) is 10.2. The van der Waals surface area contributed by atoms with E-state index in [1.165, 1.54) is 23.8 Å². The summed E-state index contributed by atoms with van der Waals surface area (Å²) in [6.45, 7) is 1.84. The van der Waals surface area contributed by atoms with Gasteiger partial charge in [-0.3, -0.25) is 4.79 Å². The molecule has 7 heteroatoms. The lowest BCUT2D eigenvalue weighted by Gasteiger charge is -2.02. The highest BCUT2D eigenvalue weighted by molar-refractivity contribution is 7.13. The van der Waals surface area contributed by atoms with Crippen molar-refractivity contribution in [3.05, 3.63) is 56.9 Å². The van der Waals surface area contributed by atoms with Gasteiger partial charge < -0.3 is 5.32 Å². The van der Waals surface area contributed by atoms with Crippen molar-refractivity contribution >= 4 is 22.4 Å². The van der Waals surface area contributed by atoms with Crippen LogP contribution in [-0.4, -0.2) is 10.9 Å². The van der Waals surface area contributed by atoms with Crippen LogP contribution < -0.4 is 5.32 Å². The monoisotopic (exact) mass is 301 g/mol. The summed E-state index contributed by atoms with van der Waals surface area (Å²) in [6, 6.07) is 7.98. The lowest BCUT2D eigenvalue weighted by Crippen LogP contribution is -2.05. The van der Waals surface area contributed by atoms with E-state index >= 15 is 0 Å². The number of benzene rings is 1. The van der Waals surface area contributed by atoms with Gasteiger partial charge in [0.1, 0.15) is 0 Å². The van der Waals surface area contributed by atoms with Gasteiger partial charge in [-0.15, -0.1) is 11.3 Å². The Hall–Kier alpha value is -2.37. The van der Waals surface area contributed by atoms with Crippen LogP contribution in [0.3, 0.4) is 0 Å². The van der Waals surface area contributed by atoms with Gasteiger partial charge in [0.05, 0.1) is 12.2 Å². The van der Waals surface area contributed by atoms with E-state index in [1.54, 1.807) is 0 Å². The largest absolute Gasteiger partial charge is 0.302 e. The van der Waals surface area contributed by atoms with Gasteiger partial charge >= 0.3 is 0 Å². The maximum atomic E-state index is 10.9. The Morgan fingerprint density at radius 1 is 1.43 bits per heavy atom. The predicted molar refractivity (Wildman–Crippen MR) is 83.1 cm³/mol. The number of aromatic nitrogens is 1. The molecule has 2 rings (SSSR count). The second-order valence-corrected chi connectivity index (χ2v) is 5.39. The summed E-state index contributed by atoms with van der Waals surface area (Å²) >= 11 is 1.43. The predicted octanol–water partition coefficient (Wildman–Crippen LogP) is 3.70. The zero-order valence-corrected chi connectivity index (χ0v) is 12.4. The van der Waals surface area contributed by atoms with Crippen molar-refractivity contribution in [3.8, 4) is 0 Å². The van der Waals surface area contributed by atoms with Gasteiger partial charge in [0, 0.05) is 17.2 Å². The van der Waals surface area contributed by atoms with Crippen molar-refractivity contribution in [1.82, 2.24) is 4.98 Å². The average Bonchev–Trinajstić information content (AvgIpc) is 2.90. The summed E-state index contributed by atoms with van der Waals surface area (Å²) in [4.78, 5) is 18.1. The molecule has 0 saturated carbocycles. The minimum Gasteiger partial charge on any atom is -0.302 e. The number of nitrogens with zero attached hydrogens (tertiary/aromatic N) is 4. The number of nitrogens with one attached hydrogen (secondary N) is 1. The number of anilines is 1. The second-order valence-electron chi connectivity index (χ2n) is 4.53. The fourth-order valence-corrected chi connectivity index (χ4v) is 2.69. The number of carbonyl (C=O) groups is 1. The first-order valence-electron chi connectivity index (χ1n) is 6.48. The molecule has 1 aromatic carbocycles. The third kappa shape index (κ3) is 4.91. The molecule has 0 aliphatic heterocycles. The molecule has 1 amide bonds. The van der Waals surface area contributed by atoms with Crippen molar-refractivity contribution in [2.24, 2.45) is 5.11 Å². The van der Waals surface area contributed by atoms with Crippen LogP contribution in [0.1, 0.15) is 23.7 Å². The SMILES string of the molecule is CC(=O)Nc1nc(CCc2cccc(CN=[N+]=[N-])c2)cs1. The van der Waals surface area contributed by atoms with E-state index in [4.69, 9.17) is 5.53 Å².